The van der Waals surface area contributed by atoms with E-state index in [-0.39, 0.29) is 23.3 Å². The molecule has 0 unspecified atom stereocenters. The number of aryl methyl sites for hydroxylation is 1. The van der Waals surface area contributed by atoms with Crippen LogP contribution in [-0.4, -0.2) is 36.0 Å². The molecular formula is C16H15BrN6O4. The van der Waals surface area contributed by atoms with Gasteiger partial charge in [0, 0.05) is 20.3 Å². The molecule has 0 saturated carbocycles. The summed E-state index contributed by atoms with van der Waals surface area (Å²) < 4.78 is 4.31. The van der Waals surface area contributed by atoms with E-state index in [2.05, 4.69) is 31.4 Å². The number of carboxylic acid groups (broad SMARTS) is 1. The molecule has 11 heteroatoms. The number of fused-ring (bicyclic) bond motifs is 1. The second-order valence-electron chi connectivity index (χ2n) is 5.68. The van der Waals surface area contributed by atoms with Gasteiger partial charge in [-0.25, -0.2) is 14.6 Å². The van der Waals surface area contributed by atoms with Gasteiger partial charge in [0.15, 0.2) is 15.9 Å². The molecule has 3 aromatic rings. The third kappa shape index (κ3) is 3.40. The summed E-state index contributed by atoms with van der Waals surface area (Å²) in [5.74, 6) is -1.00. The summed E-state index contributed by atoms with van der Waals surface area (Å²) in [6, 6.07) is 6.11. The first-order chi connectivity index (χ1) is 12.8. The first kappa shape index (κ1) is 18.6. The van der Waals surface area contributed by atoms with E-state index in [1.807, 2.05) is 0 Å². The summed E-state index contributed by atoms with van der Waals surface area (Å²) in [7, 11) is 2.95. The maximum Gasteiger partial charge on any atom is 0.335 e. The molecule has 0 atom stereocenters. The van der Waals surface area contributed by atoms with Gasteiger partial charge in [-0.1, -0.05) is 0 Å². The summed E-state index contributed by atoms with van der Waals surface area (Å²) in [5, 5.41) is 12.9. The van der Waals surface area contributed by atoms with Crippen LogP contribution in [0.5, 0.6) is 0 Å². The lowest BCUT2D eigenvalue weighted by molar-refractivity contribution is 0.0697. The lowest BCUT2D eigenvalue weighted by atomic mass is 10.2. The number of carbonyl (C=O) groups is 1. The Kier molecular flexibility index (Phi) is 4.95. The van der Waals surface area contributed by atoms with Gasteiger partial charge in [0.2, 0.25) is 0 Å². The van der Waals surface area contributed by atoms with Crippen LogP contribution in [0.2, 0.25) is 0 Å². The summed E-state index contributed by atoms with van der Waals surface area (Å²) in [6.07, 6.45) is 1.53. The number of hydrogen-bond acceptors (Lipinski definition) is 6. The molecule has 0 saturated heterocycles. The second-order valence-corrected chi connectivity index (χ2v) is 6.38. The van der Waals surface area contributed by atoms with Crippen LogP contribution in [0, 0.1) is 0 Å². The van der Waals surface area contributed by atoms with Gasteiger partial charge in [0.1, 0.15) is 0 Å². The van der Waals surface area contributed by atoms with Crippen LogP contribution < -0.4 is 16.7 Å². The summed E-state index contributed by atoms with van der Waals surface area (Å²) in [6.45, 7) is 0.227. The van der Waals surface area contributed by atoms with Gasteiger partial charge in [-0.05, 0) is 40.2 Å². The lowest BCUT2D eigenvalue weighted by Crippen LogP contribution is -2.37. The number of hydrazone groups is 1. The molecule has 10 nitrogen and oxygen atoms in total. The van der Waals surface area contributed by atoms with Crippen molar-refractivity contribution in [1.82, 2.24) is 18.7 Å². The van der Waals surface area contributed by atoms with E-state index < -0.39 is 17.2 Å². The molecule has 0 aliphatic heterocycles. The Morgan fingerprint density at radius 2 is 1.93 bits per heavy atom. The first-order valence-electron chi connectivity index (χ1n) is 7.74. The highest BCUT2D eigenvalue weighted by atomic mass is 79.9. The van der Waals surface area contributed by atoms with Gasteiger partial charge in [0.25, 0.3) is 5.56 Å². The number of carboxylic acids is 1. The Balaban J connectivity index is 1.84. The van der Waals surface area contributed by atoms with Crippen molar-refractivity contribution in [2.24, 2.45) is 19.2 Å². The van der Waals surface area contributed by atoms with Crippen molar-refractivity contribution in [3.05, 3.63) is 55.4 Å². The van der Waals surface area contributed by atoms with Crippen molar-refractivity contribution in [3.8, 4) is 0 Å². The molecule has 3 rings (SSSR count). The number of aromatic nitrogens is 4. The van der Waals surface area contributed by atoms with Gasteiger partial charge >= 0.3 is 11.7 Å². The van der Waals surface area contributed by atoms with Crippen molar-refractivity contribution in [2.75, 3.05) is 5.43 Å². The van der Waals surface area contributed by atoms with Crippen molar-refractivity contribution in [3.63, 3.8) is 0 Å². The smallest absolute Gasteiger partial charge is 0.335 e. The maximum absolute atomic E-state index is 12.4. The molecule has 2 N–H and O–H groups in total. The van der Waals surface area contributed by atoms with Gasteiger partial charge < -0.3 is 9.67 Å². The molecule has 2 heterocycles. The standard InChI is InChI=1S/C16H15BrN6O4/c1-21-12-11(13(24)22(2)16(21)27)23(15(17)19-12)8-7-18-20-10-5-3-9(4-6-10)14(25)26/h3-7,20H,8H2,1-2H3,(H,25,26). The van der Waals surface area contributed by atoms with Gasteiger partial charge in [-0.2, -0.15) is 5.10 Å². The van der Waals surface area contributed by atoms with Crippen LogP contribution in [0.4, 0.5) is 5.69 Å². The average molecular weight is 435 g/mol. The minimum absolute atomic E-state index is 0.180. The zero-order valence-electron chi connectivity index (χ0n) is 14.4. The van der Waals surface area contributed by atoms with E-state index in [1.165, 1.54) is 30.0 Å². The molecule has 0 bridgehead atoms. The summed E-state index contributed by atoms with van der Waals surface area (Å²) in [5.41, 5.74) is 3.23. The fourth-order valence-corrected chi connectivity index (χ4v) is 3.01. The number of nitrogens with zero attached hydrogens (tertiary/aromatic N) is 5. The van der Waals surface area contributed by atoms with Crippen LogP contribution in [0.3, 0.4) is 0 Å². The number of benzene rings is 1. The second kappa shape index (κ2) is 7.19. The molecule has 0 amide bonds. The molecule has 0 fully saturated rings. The van der Waals surface area contributed by atoms with E-state index in [9.17, 15) is 14.4 Å². The third-order valence-electron chi connectivity index (χ3n) is 3.98. The van der Waals surface area contributed by atoms with Crippen LogP contribution in [0.1, 0.15) is 10.4 Å². The zero-order chi connectivity index (χ0) is 19.7. The predicted molar refractivity (Wildman–Crippen MR) is 103 cm³/mol. The van der Waals surface area contributed by atoms with Gasteiger partial charge in [-0.3, -0.25) is 19.4 Å². The molecule has 2 aromatic heterocycles. The molecule has 0 spiro atoms. The summed E-state index contributed by atoms with van der Waals surface area (Å²) >= 11 is 3.30. The highest BCUT2D eigenvalue weighted by Gasteiger charge is 2.17. The highest BCUT2D eigenvalue weighted by Crippen LogP contribution is 2.15. The largest absolute Gasteiger partial charge is 0.478 e. The van der Waals surface area contributed by atoms with E-state index >= 15 is 0 Å². The lowest BCUT2D eigenvalue weighted by Gasteiger charge is -2.05. The molecule has 140 valence electrons. The molecule has 1 aromatic carbocycles. The van der Waals surface area contributed by atoms with Crippen LogP contribution in [0.25, 0.3) is 11.2 Å². The van der Waals surface area contributed by atoms with Gasteiger partial charge in [0.05, 0.1) is 17.8 Å². The maximum atomic E-state index is 12.4. The molecule has 0 radical (unpaired) electrons. The van der Waals surface area contributed by atoms with Crippen LogP contribution >= 0.6 is 15.9 Å². The number of imidazole rings is 1. The Hall–Kier alpha value is -3.21. The molecular weight excluding hydrogens is 420 g/mol. The highest BCUT2D eigenvalue weighted by molar-refractivity contribution is 9.10. The number of rotatable bonds is 5. The Labute approximate surface area is 160 Å². The van der Waals surface area contributed by atoms with Crippen LogP contribution in [0.15, 0.2) is 43.7 Å². The van der Waals surface area contributed by atoms with E-state index in [4.69, 9.17) is 5.11 Å². The molecule has 27 heavy (non-hydrogen) atoms. The molecule has 0 aliphatic carbocycles. The Morgan fingerprint density at radius 3 is 2.56 bits per heavy atom. The topological polar surface area (TPSA) is 124 Å². The van der Waals surface area contributed by atoms with Crippen molar-refractivity contribution < 1.29 is 9.90 Å². The number of nitrogens with one attached hydrogen (secondary N) is 1. The van der Waals surface area contributed by atoms with Crippen molar-refractivity contribution in [2.45, 2.75) is 6.54 Å². The Morgan fingerprint density at radius 1 is 1.26 bits per heavy atom. The normalized spacial score (nSPS) is 11.4. The predicted octanol–water partition coefficient (Wildman–Crippen LogP) is 0.992. The van der Waals surface area contributed by atoms with Crippen molar-refractivity contribution >= 4 is 45.0 Å². The SMILES string of the molecule is Cn1c(=O)c2c(nc(Br)n2CC=NNc2ccc(C(=O)O)cc2)n(C)c1=O. The first-order valence-corrected chi connectivity index (χ1v) is 8.53. The van der Waals surface area contributed by atoms with E-state index in [1.54, 1.807) is 23.7 Å². The number of aromatic carboxylic acids is 1. The minimum Gasteiger partial charge on any atom is -0.478 e. The average Bonchev–Trinajstić information content (AvgIpc) is 2.98. The minimum atomic E-state index is -1.00. The molecule has 0 aliphatic rings. The van der Waals surface area contributed by atoms with E-state index in [0.717, 1.165) is 4.57 Å². The number of anilines is 1. The monoisotopic (exact) mass is 434 g/mol. The fraction of sp³-hybridized carbons (Fsp3) is 0.188. The zero-order valence-corrected chi connectivity index (χ0v) is 16.0. The van der Waals surface area contributed by atoms with E-state index in [0.29, 0.717) is 10.4 Å². The number of halogens is 1. The quantitative estimate of drug-likeness (QED) is 0.350. The van der Waals surface area contributed by atoms with Crippen LogP contribution in [-0.2, 0) is 20.6 Å². The Bertz CT molecular complexity index is 1170. The van der Waals surface area contributed by atoms with Gasteiger partial charge in [-0.15, -0.1) is 0 Å². The summed E-state index contributed by atoms with van der Waals surface area (Å²) in [4.78, 5) is 39.5. The number of hydrogen-bond donors (Lipinski definition) is 2. The fourth-order valence-electron chi connectivity index (χ4n) is 2.52. The van der Waals surface area contributed by atoms with Crippen molar-refractivity contribution in [1.29, 1.82) is 0 Å². The third-order valence-corrected chi connectivity index (χ3v) is 4.59.